The first kappa shape index (κ1) is 24.5. The van der Waals surface area contributed by atoms with Gasteiger partial charge in [0.25, 0.3) is 5.91 Å². The number of anilines is 1. The number of benzene rings is 2. The number of ether oxygens (including phenoxy) is 1. The third-order valence-corrected chi connectivity index (χ3v) is 6.08. The van der Waals surface area contributed by atoms with Crippen molar-refractivity contribution < 1.29 is 19.1 Å². The van der Waals surface area contributed by atoms with E-state index in [4.69, 9.17) is 4.74 Å². The second kappa shape index (κ2) is 12.8. The summed E-state index contributed by atoms with van der Waals surface area (Å²) < 4.78 is 5.27. The summed E-state index contributed by atoms with van der Waals surface area (Å²) >= 11 is 0. The summed E-state index contributed by atoms with van der Waals surface area (Å²) in [6, 6.07) is 17.3. The molecule has 1 saturated carbocycles. The van der Waals surface area contributed by atoms with Crippen molar-refractivity contribution in [2.45, 2.75) is 63.8 Å². The standard InChI is InChI=1S/C27H34N2O4/c1-29(24-17-9-8-16-23(24)27(32)28-22-14-6-3-7-15-22)25(30)18-19-26(31)33-20-10-13-21-11-4-2-5-12-21/h2,4-5,8-9,11-12,16-17,22H,3,6-7,10,13-15,18-20H2,1H3,(H,28,32). The molecule has 0 saturated heterocycles. The highest BCUT2D eigenvalue weighted by molar-refractivity contribution is 6.05. The molecule has 0 spiro atoms. The van der Waals surface area contributed by atoms with Gasteiger partial charge in [-0.15, -0.1) is 0 Å². The van der Waals surface area contributed by atoms with Gasteiger partial charge in [-0.1, -0.05) is 61.7 Å². The SMILES string of the molecule is CN(C(=O)CCC(=O)OCCCc1ccccc1)c1ccccc1C(=O)NC1CCCCC1. The van der Waals surface area contributed by atoms with Crippen LogP contribution in [-0.4, -0.2) is 37.5 Å². The molecule has 1 aliphatic carbocycles. The summed E-state index contributed by atoms with van der Waals surface area (Å²) in [5.41, 5.74) is 2.23. The summed E-state index contributed by atoms with van der Waals surface area (Å²) in [4.78, 5) is 39.1. The van der Waals surface area contributed by atoms with Gasteiger partial charge >= 0.3 is 5.97 Å². The predicted molar refractivity (Wildman–Crippen MR) is 129 cm³/mol. The molecule has 0 aromatic heterocycles. The Morgan fingerprint density at radius 1 is 0.939 bits per heavy atom. The van der Waals surface area contributed by atoms with Crippen molar-refractivity contribution in [1.82, 2.24) is 5.32 Å². The zero-order valence-corrected chi connectivity index (χ0v) is 19.4. The number of nitrogens with zero attached hydrogens (tertiary/aromatic N) is 1. The molecular weight excluding hydrogens is 416 g/mol. The van der Waals surface area contributed by atoms with Crippen molar-refractivity contribution in [3.63, 3.8) is 0 Å². The van der Waals surface area contributed by atoms with Crippen LogP contribution in [0.1, 0.15) is 67.3 Å². The molecule has 2 aromatic rings. The molecule has 176 valence electrons. The van der Waals surface area contributed by atoms with E-state index in [0.717, 1.165) is 38.5 Å². The zero-order valence-electron chi connectivity index (χ0n) is 19.4. The Kier molecular flexibility index (Phi) is 9.48. The van der Waals surface area contributed by atoms with Crippen LogP contribution in [0.5, 0.6) is 0 Å². The number of hydrogen-bond donors (Lipinski definition) is 1. The van der Waals surface area contributed by atoms with E-state index in [9.17, 15) is 14.4 Å². The van der Waals surface area contributed by atoms with E-state index in [2.05, 4.69) is 5.32 Å². The molecule has 0 aliphatic heterocycles. The lowest BCUT2D eigenvalue weighted by atomic mass is 9.95. The fraction of sp³-hybridized carbons (Fsp3) is 0.444. The first-order valence-electron chi connectivity index (χ1n) is 11.9. The molecule has 0 bridgehead atoms. The largest absolute Gasteiger partial charge is 0.466 e. The fourth-order valence-electron chi connectivity index (χ4n) is 4.16. The maximum Gasteiger partial charge on any atom is 0.306 e. The van der Waals surface area contributed by atoms with Gasteiger partial charge in [0.1, 0.15) is 0 Å². The van der Waals surface area contributed by atoms with E-state index in [1.165, 1.54) is 16.9 Å². The number of carbonyl (C=O) groups is 3. The molecule has 6 heteroatoms. The van der Waals surface area contributed by atoms with Gasteiger partial charge in [0, 0.05) is 19.5 Å². The normalized spacial score (nSPS) is 13.8. The number of carbonyl (C=O) groups excluding carboxylic acids is 3. The Balaban J connectivity index is 1.45. The van der Waals surface area contributed by atoms with Gasteiger partial charge < -0.3 is 15.0 Å². The zero-order chi connectivity index (χ0) is 23.5. The molecule has 0 unspecified atom stereocenters. The summed E-state index contributed by atoms with van der Waals surface area (Å²) in [5, 5.41) is 3.11. The lowest BCUT2D eigenvalue weighted by Crippen LogP contribution is -2.37. The molecule has 1 aliphatic rings. The van der Waals surface area contributed by atoms with Crippen LogP contribution in [0.2, 0.25) is 0 Å². The molecular formula is C27H34N2O4. The minimum absolute atomic E-state index is 0.0188. The number of amides is 2. The monoisotopic (exact) mass is 450 g/mol. The topological polar surface area (TPSA) is 75.7 Å². The third kappa shape index (κ3) is 7.74. The number of rotatable bonds is 10. The predicted octanol–water partition coefficient (Wildman–Crippen LogP) is 4.67. The highest BCUT2D eigenvalue weighted by Gasteiger charge is 2.22. The highest BCUT2D eigenvalue weighted by Crippen LogP contribution is 2.22. The van der Waals surface area contributed by atoms with E-state index < -0.39 is 0 Å². The van der Waals surface area contributed by atoms with Crippen LogP contribution in [0.4, 0.5) is 5.69 Å². The van der Waals surface area contributed by atoms with Crippen LogP contribution in [0.15, 0.2) is 54.6 Å². The van der Waals surface area contributed by atoms with Gasteiger partial charge in [0.05, 0.1) is 24.3 Å². The lowest BCUT2D eigenvalue weighted by Gasteiger charge is -2.25. The Bertz CT molecular complexity index is 923. The summed E-state index contributed by atoms with van der Waals surface area (Å²) in [6.45, 7) is 0.335. The van der Waals surface area contributed by atoms with E-state index in [1.54, 1.807) is 31.3 Å². The smallest absolute Gasteiger partial charge is 0.306 e. The number of hydrogen-bond acceptors (Lipinski definition) is 4. The molecule has 1 fully saturated rings. The van der Waals surface area contributed by atoms with Gasteiger partial charge in [-0.3, -0.25) is 14.4 Å². The average Bonchev–Trinajstić information content (AvgIpc) is 2.86. The van der Waals surface area contributed by atoms with Gasteiger partial charge in [-0.05, 0) is 43.4 Å². The van der Waals surface area contributed by atoms with Crippen LogP contribution < -0.4 is 10.2 Å². The van der Waals surface area contributed by atoms with Crippen molar-refractivity contribution in [1.29, 1.82) is 0 Å². The van der Waals surface area contributed by atoms with E-state index in [1.807, 2.05) is 30.3 Å². The first-order valence-corrected chi connectivity index (χ1v) is 11.9. The molecule has 0 heterocycles. The fourth-order valence-corrected chi connectivity index (χ4v) is 4.16. The van der Waals surface area contributed by atoms with Gasteiger partial charge in [0.2, 0.25) is 5.91 Å². The summed E-state index contributed by atoms with van der Waals surface area (Å²) in [7, 11) is 1.64. The highest BCUT2D eigenvalue weighted by atomic mass is 16.5. The molecule has 1 N–H and O–H groups in total. The van der Waals surface area contributed by atoms with Crippen LogP contribution in [0, 0.1) is 0 Å². The minimum atomic E-state index is -0.381. The van der Waals surface area contributed by atoms with Gasteiger partial charge in [-0.2, -0.15) is 0 Å². The second-order valence-corrected chi connectivity index (χ2v) is 8.59. The van der Waals surface area contributed by atoms with Crippen molar-refractivity contribution in [3.05, 3.63) is 65.7 Å². The van der Waals surface area contributed by atoms with Crippen LogP contribution in [0.3, 0.4) is 0 Å². The Labute approximate surface area is 196 Å². The number of para-hydroxylation sites is 1. The molecule has 33 heavy (non-hydrogen) atoms. The van der Waals surface area contributed by atoms with Gasteiger partial charge in [0.15, 0.2) is 0 Å². The van der Waals surface area contributed by atoms with Crippen LogP contribution in [0.25, 0.3) is 0 Å². The quantitative estimate of drug-likeness (QED) is 0.422. The van der Waals surface area contributed by atoms with Crippen LogP contribution >= 0.6 is 0 Å². The molecule has 6 nitrogen and oxygen atoms in total. The Morgan fingerprint density at radius 2 is 1.64 bits per heavy atom. The Morgan fingerprint density at radius 3 is 2.39 bits per heavy atom. The van der Waals surface area contributed by atoms with E-state index >= 15 is 0 Å². The number of aryl methyl sites for hydroxylation is 1. The maximum atomic E-state index is 12.9. The second-order valence-electron chi connectivity index (χ2n) is 8.59. The number of nitrogens with one attached hydrogen (secondary N) is 1. The maximum absolute atomic E-state index is 12.9. The molecule has 0 radical (unpaired) electrons. The summed E-state index contributed by atoms with van der Waals surface area (Å²) in [6.07, 6.45) is 7.11. The van der Waals surface area contributed by atoms with Crippen molar-refractivity contribution in [3.8, 4) is 0 Å². The van der Waals surface area contributed by atoms with E-state index in [-0.39, 0.29) is 36.7 Å². The third-order valence-electron chi connectivity index (χ3n) is 6.08. The number of esters is 1. The van der Waals surface area contributed by atoms with Crippen molar-refractivity contribution >= 4 is 23.5 Å². The molecule has 3 rings (SSSR count). The van der Waals surface area contributed by atoms with Crippen LogP contribution in [-0.2, 0) is 20.7 Å². The molecule has 0 atom stereocenters. The van der Waals surface area contributed by atoms with Crippen molar-refractivity contribution in [2.24, 2.45) is 0 Å². The average molecular weight is 451 g/mol. The Hall–Kier alpha value is -3.15. The van der Waals surface area contributed by atoms with Gasteiger partial charge in [-0.25, -0.2) is 0 Å². The lowest BCUT2D eigenvalue weighted by molar-refractivity contribution is -0.144. The first-order chi connectivity index (χ1) is 16.0. The summed E-state index contributed by atoms with van der Waals surface area (Å²) in [5.74, 6) is -0.766. The van der Waals surface area contributed by atoms with Crippen molar-refractivity contribution in [2.75, 3.05) is 18.6 Å². The molecule has 2 amide bonds. The van der Waals surface area contributed by atoms with E-state index in [0.29, 0.717) is 17.9 Å². The minimum Gasteiger partial charge on any atom is -0.466 e. The molecule has 2 aromatic carbocycles.